The molecule has 0 spiro atoms. The molecule has 1 aromatic carbocycles. The van der Waals surface area contributed by atoms with E-state index in [-0.39, 0.29) is 5.75 Å². The molecule has 0 bridgehead atoms. The molecule has 0 saturated heterocycles. The topological polar surface area (TPSA) is 60.7 Å². The average Bonchev–Trinajstić information content (AvgIpc) is 2.47. The molecule has 0 aromatic heterocycles. The molecule has 1 aliphatic rings. The monoisotopic (exact) mass is 316 g/mol. The zero-order valence-corrected chi connectivity index (χ0v) is 14.3. The first-order valence-corrected chi connectivity index (χ1v) is 8.38. The quantitative estimate of drug-likeness (QED) is 0.714. The van der Waals surface area contributed by atoms with Crippen LogP contribution in [-0.4, -0.2) is 27.0 Å². The second-order valence-electron chi connectivity index (χ2n) is 6.91. The summed E-state index contributed by atoms with van der Waals surface area (Å²) in [6, 6.07) is 7.05. The molecular formula is C20H28O3. The normalized spacial score (nSPS) is 21.0. The Morgan fingerprint density at radius 1 is 1.30 bits per heavy atom. The highest BCUT2D eigenvalue weighted by atomic mass is 16.3. The van der Waals surface area contributed by atoms with Crippen molar-refractivity contribution < 1.29 is 15.3 Å². The van der Waals surface area contributed by atoms with Crippen molar-refractivity contribution in [2.45, 2.75) is 64.6 Å². The maximum atomic E-state index is 11.0. The van der Waals surface area contributed by atoms with Crippen molar-refractivity contribution in [3.63, 3.8) is 0 Å². The van der Waals surface area contributed by atoms with E-state index in [2.05, 4.69) is 6.08 Å². The molecule has 2 unspecified atom stereocenters. The van der Waals surface area contributed by atoms with Crippen molar-refractivity contribution in [1.29, 1.82) is 0 Å². The van der Waals surface area contributed by atoms with E-state index >= 15 is 0 Å². The number of phenolic OH excluding ortho intramolecular Hbond substituents is 1. The molecule has 0 heterocycles. The first kappa shape index (κ1) is 17.8. The van der Waals surface area contributed by atoms with Gasteiger partial charge in [0.1, 0.15) is 5.75 Å². The lowest BCUT2D eigenvalue weighted by Crippen LogP contribution is -2.32. The summed E-state index contributed by atoms with van der Waals surface area (Å²) in [5.41, 5.74) is 2.46. The van der Waals surface area contributed by atoms with Crippen molar-refractivity contribution >= 4 is 5.57 Å². The molecule has 23 heavy (non-hydrogen) atoms. The number of rotatable bonds is 5. The first-order chi connectivity index (χ1) is 10.8. The van der Waals surface area contributed by atoms with Gasteiger partial charge in [-0.25, -0.2) is 0 Å². The third-order valence-corrected chi connectivity index (χ3v) is 4.59. The highest BCUT2D eigenvalue weighted by molar-refractivity contribution is 5.77. The van der Waals surface area contributed by atoms with E-state index in [0.29, 0.717) is 24.0 Å². The Morgan fingerprint density at radius 2 is 2.00 bits per heavy atom. The molecule has 3 nitrogen and oxygen atoms in total. The highest BCUT2D eigenvalue weighted by Crippen LogP contribution is 2.42. The van der Waals surface area contributed by atoms with Crippen LogP contribution in [0.5, 0.6) is 5.75 Å². The molecule has 0 aliphatic heterocycles. The van der Waals surface area contributed by atoms with Crippen LogP contribution in [0.25, 0.3) is 5.57 Å². The third-order valence-electron chi connectivity index (χ3n) is 4.59. The Kier molecular flexibility index (Phi) is 5.66. The highest BCUT2D eigenvalue weighted by Gasteiger charge is 2.34. The number of hydrogen-bond donors (Lipinski definition) is 3. The van der Waals surface area contributed by atoms with Crippen LogP contribution in [0.2, 0.25) is 0 Å². The van der Waals surface area contributed by atoms with Crippen LogP contribution < -0.4 is 0 Å². The van der Waals surface area contributed by atoms with E-state index in [1.807, 2.05) is 32.9 Å². The van der Waals surface area contributed by atoms with Gasteiger partial charge in [-0.1, -0.05) is 29.8 Å². The molecule has 3 N–H and O–H groups in total. The lowest BCUT2D eigenvalue weighted by molar-refractivity contribution is 0.0811. The van der Waals surface area contributed by atoms with Gasteiger partial charge in [0.25, 0.3) is 0 Å². The van der Waals surface area contributed by atoms with Gasteiger partial charge in [-0.05, 0) is 70.1 Å². The summed E-state index contributed by atoms with van der Waals surface area (Å²) in [7, 11) is 0. The number of aliphatic hydroxyl groups excluding tert-OH is 1. The van der Waals surface area contributed by atoms with Gasteiger partial charge in [0.05, 0.1) is 11.7 Å². The Labute approximate surface area is 139 Å². The van der Waals surface area contributed by atoms with Crippen LogP contribution in [-0.2, 0) is 0 Å². The second kappa shape index (κ2) is 7.33. The van der Waals surface area contributed by atoms with Crippen LogP contribution in [0.15, 0.2) is 41.5 Å². The molecule has 0 fully saturated rings. The molecule has 0 amide bonds. The van der Waals surface area contributed by atoms with E-state index in [4.69, 9.17) is 0 Å². The average molecular weight is 316 g/mol. The summed E-state index contributed by atoms with van der Waals surface area (Å²) < 4.78 is 0. The number of benzene rings is 1. The molecule has 1 aromatic rings. The van der Waals surface area contributed by atoms with Crippen LogP contribution >= 0.6 is 0 Å². The molecule has 1 aliphatic carbocycles. The van der Waals surface area contributed by atoms with E-state index < -0.39 is 11.7 Å². The van der Waals surface area contributed by atoms with Crippen LogP contribution in [0.1, 0.15) is 58.4 Å². The van der Waals surface area contributed by atoms with Crippen molar-refractivity contribution in [1.82, 2.24) is 0 Å². The second-order valence-corrected chi connectivity index (χ2v) is 6.91. The van der Waals surface area contributed by atoms with Gasteiger partial charge in [0.15, 0.2) is 0 Å². The van der Waals surface area contributed by atoms with Gasteiger partial charge < -0.3 is 15.3 Å². The van der Waals surface area contributed by atoms with E-state index in [1.165, 1.54) is 5.57 Å². The molecule has 3 heteroatoms. The lowest BCUT2D eigenvalue weighted by atomic mass is 9.76. The molecule has 0 saturated carbocycles. The van der Waals surface area contributed by atoms with E-state index in [9.17, 15) is 15.3 Å². The third kappa shape index (κ3) is 4.24. The fourth-order valence-corrected chi connectivity index (χ4v) is 3.35. The SMILES string of the molecule is CC(C)=CCCC(C)(O)C1=C(c2ccccc2O)C(O)CCC1. The largest absolute Gasteiger partial charge is 0.507 e. The fourth-order valence-electron chi connectivity index (χ4n) is 3.35. The minimum atomic E-state index is -0.981. The summed E-state index contributed by atoms with van der Waals surface area (Å²) >= 11 is 0. The zero-order valence-electron chi connectivity index (χ0n) is 14.3. The Bertz CT molecular complexity index is 607. The van der Waals surface area contributed by atoms with Crippen molar-refractivity contribution in [2.75, 3.05) is 0 Å². The zero-order chi connectivity index (χ0) is 17.0. The predicted molar refractivity (Wildman–Crippen MR) is 94.2 cm³/mol. The number of hydrogen-bond acceptors (Lipinski definition) is 3. The lowest BCUT2D eigenvalue weighted by Gasteiger charge is -2.35. The Hall–Kier alpha value is -1.58. The molecule has 126 valence electrons. The van der Waals surface area contributed by atoms with Crippen molar-refractivity contribution in [3.8, 4) is 5.75 Å². The van der Waals surface area contributed by atoms with Gasteiger partial charge >= 0.3 is 0 Å². The molecular weight excluding hydrogens is 288 g/mol. The minimum absolute atomic E-state index is 0.154. The van der Waals surface area contributed by atoms with Gasteiger partial charge in [0, 0.05) is 5.56 Å². The summed E-state index contributed by atoms with van der Waals surface area (Å²) in [4.78, 5) is 0. The molecule has 2 rings (SSSR count). The van der Waals surface area contributed by atoms with E-state index in [1.54, 1.807) is 12.1 Å². The van der Waals surface area contributed by atoms with Gasteiger partial charge in [-0.15, -0.1) is 0 Å². The number of aromatic hydroxyl groups is 1. The molecule has 0 radical (unpaired) electrons. The summed E-state index contributed by atoms with van der Waals surface area (Å²) in [6.07, 6.45) is 5.16. The van der Waals surface area contributed by atoms with Crippen molar-refractivity contribution in [3.05, 3.63) is 47.1 Å². The number of aliphatic hydroxyl groups is 2. The van der Waals surface area contributed by atoms with Gasteiger partial charge in [-0.3, -0.25) is 0 Å². The van der Waals surface area contributed by atoms with Crippen LogP contribution in [0.3, 0.4) is 0 Å². The maximum absolute atomic E-state index is 11.0. The minimum Gasteiger partial charge on any atom is -0.507 e. The van der Waals surface area contributed by atoms with Gasteiger partial charge in [0.2, 0.25) is 0 Å². The Morgan fingerprint density at radius 3 is 2.65 bits per heavy atom. The first-order valence-electron chi connectivity index (χ1n) is 8.38. The maximum Gasteiger partial charge on any atom is 0.123 e. The number of phenols is 1. The summed E-state index contributed by atoms with van der Waals surface area (Å²) in [5, 5.41) is 31.7. The smallest absolute Gasteiger partial charge is 0.123 e. The van der Waals surface area contributed by atoms with Crippen LogP contribution in [0, 0.1) is 0 Å². The van der Waals surface area contributed by atoms with Crippen molar-refractivity contribution in [2.24, 2.45) is 0 Å². The standard InChI is InChI=1S/C20H28O3/c1-14(2)8-7-13-20(3,23)16-10-6-12-18(22)19(16)15-9-4-5-11-17(15)21/h4-5,8-9,11,18,21-23H,6-7,10,12-13H2,1-3H3. The number of para-hydroxylation sites is 1. The van der Waals surface area contributed by atoms with E-state index in [0.717, 1.165) is 24.8 Å². The van der Waals surface area contributed by atoms with Gasteiger partial charge in [-0.2, -0.15) is 0 Å². The number of allylic oxidation sites excluding steroid dienone is 2. The van der Waals surface area contributed by atoms with Crippen LogP contribution in [0.4, 0.5) is 0 Å². The predicted octanol–water partition coefficient (Wildman–Crippen LogP) is 4.19. The Balaban J connectivity index is 2.43. The molecule has 2 atom stereocenters. The summed E-state index contributed by atoms with van der Waals surface area (Å²) in [6.45, 7) is 5.91. The summed E-state index contributed by atoms with van der Waals surface area (Å²) in [5.74, 6) is 0.154. The fraction of sp³-hybridized carbons (Fsp3) is 0.500.